The van der Waals surface area contributed by atoms with Crippen LogP contribution >= 0.6 is 0 Å². The Labute approximate surface area is 307 Å². The van der Waals surface area contributed by atoms with E-state index in [9.17, 15) is 45.1 Å². The minimum Gasteiger partial charge on any atom is -0.326 e. The maximum atomic E-state index is 13.3. The van der Waals surface area contributed by atoms with Crippen LogP contribution in [-0.4, -0.2) is 60.9 Å². The van der Waals surface area contributed by atoms with E-state index in [-0.39, 0.29) is 45.3 Å². The van der Waals surface area contributed by atoms with Gasteiger partial charge in [-0.15, -0.1) is 0 Å². The molecular weight excluding hydrogens is 743 g/mol. The zero-order valence-corrected chi connectivity index (χ0v) is 29.3. The Morgan fingerprint density at radius 1 is 0.648 bits per heavy atom. The number of amides is 3. The molecule has 274 valence electrons. The van der Waals surface area contributed by atoms with Gasteiger partial charge in [0, 0.05) is 41.2 Å². The normalized spacial score (nSPS) is 16.8. The molecule has 0 spiro atoms. The lowest BCUT2D eigenvalue weighted by molar-refractivity contribution is -0.114. The molecule has 7 N–H and O–H groups in total. The molecule has 0 aromatic heterocycles. The molecule has 0 saturated carbocycles. The van der Waals surface area contributed by atoms with E-state index in [0.29, 0.717) is 17.1 Å². The van der Waals surface area contributed by atoms with Crippen molar-refractivity contribution in [2.75, 3.05) is 21.5 Å². The minimum absolute atomic E-state index is 0.0116. The Morgan fingerprint density at radius 2 is 1.28 bits per heavy atom. The third-order valence-electron chi connectivity index (χ3n) is 7.68. The molecule has 3 aromatic carbocycles. The summed E-state index contributed by atoms with van der Waals surface area (Å²) in [6.07, 6.45) is 5.56. The van der Waals surface area contributed by atoms with Gasteiger partial charge >= 0.3 is 6.03 Å². The number of nitrogens with zero attached hydrogens (tertiary/aromatic N) is 2. The third kappa shape index (κ3) is 8.45. The first kappa shape index (κ1) is 37.0. The van der Waals surface area contributed by atoms with Crippen molar-refractivity contribution in [3.8, 4) is 0 Å². The Kier molecular flexibility index (Phi) is 10.0. The monoisotopic (exact) mass is 769 g/mol. The molecule has 0 atom stereocenters. The minimum atomic E-state index is -4.92. The van der Waals surface area contributed by atoms with E-state index in [2.05, 4.69) is 37.0 Å². The Balaban J connectivity index is 1.19. The quantitative estimate of drug-likeness (QED) is 0.119. The summed E-state index contributed by atoms with van der Waals surface area (Å²) < 4.78 is 68.9. The third-order valence-corrected chi connectivity index (χ3v) is 9.43. The number of anilines is 4. The van der Waals surface area contributed by atoms with Crippen molar-refractivity contribution in [3.63, 3.8) is 0 Å². The van der Waals surface area contributed by atoms with E-state index in [1.54, 1.807) is 54.6 Å². The number of hydrogen-bond donors (Lipinski definition) is 7. The van der Waals surface area contributed by atoms with Gasteiger partial charge in [-0.1, -0.05) is 18.2 Å². The van der Waals surface area contributed by atoms with Crippen molar-refractivity contribution in [2.24, 2.45) is 10.2 Å². The van der Waals surface area contributed by atoms with Gasteiger partial charge in [0.15, 0.2) is 11.5 Å². The van der Waals surface area contributed by atoms with E-state index < -0.39 is 53.4 Å². The second-order valence-corrected chi connectivity index (χ2v) is 14.4. The fourth-order valence-electron chi connectivity index (χ4n) is 5.31. The van der Waals surface area contributed by atoms with Gasteiger partial charge in [0.2, 0.25) is 11.7 Å². The second-order valence-electron chi connectivity index (χ2n) is 11.6. The number of Topliss-reactive ketones (excluding diaryl/α,β-unsaturated/α-hetero) is 1. The van der Waals surface area contributed by atoms with E-state index >= 15 is 0 Å². The van der Waals surface area contributed by atoms with Gasteiger partial charge in [-0.05, 0) is 90.0 Å². The molecule has 0 bridgehead atoms. The largest absolute Gasteiger partial charge is 0.326 e. The Morgan fingerprint density at radius 3 is 1.94 bits per heavy atom. The molecule has 0 saturated heterocycles. The number of hydrogen-bond acceptors (Lipinski definition) is 12. The molecule has 3 aliphatic carbocycles. The number of nitrogens with one attached hydrogen (secondary N) is 5. The second kappa shape index (κ2) is 14.7. The van der Waals surface area contributed by atoms with E-state index in [4.69, 9.17) is 0 Å². The number of carbonyl (C=O) groups excluding carboxylic acids is 4. The van der Waals surface area contributed by atoms with Gasteiger partial charge in [0.1, 0.15) is 15.5 Å². The number of hydrazone groups is 2. The highest BCUT2D eigenvalue weighted by Gasteiger charge is 2.33. The summed E-state index contributed by atoms with van der Waals surface area (Å²) in [6, 6.07) is 17.7. The van der Waals surface area contributed by atoms with Gasteiger partial charge < -0.3 is 16.0 Å². The molecule has 0 heterocycles. The summed E-state index contributed by atoms with van der Waals surface area (Å²) >= 11 is 0. The summed E-state index contributed by atoms with van der Waals surface area (Å²) in [5.74, 6) is -1.72. The van der Waals surface area contributed by atoms with Crippen LogP contribution in [0.5, 0.6) is 0 Å². The van der Waals surface area contributed by atoms with Crippen molar-refractivity contribution in [3.05, 3.63) is 135 Å². The van der Waals surface area contributed by atoms with Crippen molar-refractivity contribution in [2.45, 2.75) is 6.92 Å². The van der Waals surface area contributed by atoms with Crippen molar-refractivity contribution < 1.29 is 45.1 Å². The molecular formula is C35H27N7O10S2. The molecule has 3 amide bonds. The van der Waals surface area contributed by atoms with Gasteiger partial charge in [0.05, 0.1) is 11.4 Å². The summed E-state index contributed by atoms with van der Waals surface area (Å²) in [6.45, 7) is 1.35. The smallest absolute Gasteiger partial charge is 0.323 e. The lowest BCUT2D eigenvalue weighted by atomic mass is 9.90. The highest BCUT2D eigenvalue weighted by molar-refractivity contribution is 7.91. The van der Waals surface area contributed by atoms with Crippen LogP contribution in [0.1, 0.15) is 22.8 Å². The lowest BCUT2D eigenvalue weighted by Crippen LogP contribution is -2.30. The number of allylic oxidation sites excluding steroid dienone is 8. The van der Waals surface area contributed by atoms with Crippen LogP contribution < -0.4 is 26.8 Å². The molecule has 54 heavy (non-hydrogen) atoms. The number of para-hydroxylation sites is 1. The molecule has 0 aliphatic heterocycles. The number of benzene rings is 3. The van der Waals surface area contributed by atoms with Crippen LogP contribution in [0.4, 0.5) is 27.5 Å². The molecule has 0 fully saturated rings. The fourth-order valence-corrected chi connectivity index (χ4v) is 6.62. The SMILES string of the molecule is CC(=O)Nc1ccc(N/N=C2\C=C3C(=O)C=C(NC(=O)Nc4ccc5c(c4)C=C(S(=O)(=O)O)/C(=N\Nc4ccccc4)C5=O)C=C3C=C2S(=O)(=O)O)cc1. The van der Waals surface area contributed by atoms with E-state index in [1.165, 1.54) is 31.2 Å². The number of ketones is 2. The molecule has 3 aromatic rings. The molecule has 3 aliphatic rings. The van der Waals surface area contributed by atoms with E-state index in [0.717, 1.165) is 24.3 Å². The Bertz CT molecular complexity index is 2590. The van der Waals surface area contributed by atoms with Gasteiger partial charge in [-0.3, -0.25) is 34.3 Å². The van der Waals surface area contributed by atoms with Crippen LogP contribution in [0.3, 0.4) is 0 Å². The molecule has 0 unspecified atom stereocenters. The lowest BCUT2D eigenvalue weighted by Gasteiger charge is -2.20. The maximum absolute atomic E-state index is 13.3. The topological polar surface area (TPSA) is 262 Å². The first-order valence-electron chi connectivity index (χ1n) is 15.5. The summed E-state index contributed by atoms with van der Waals surface area (Å²) in [7, 11) is -9.78. The summed E-state index contributed by atoms with van der Waals surface area (Å²) in [4.78, 5) is 49.2. The maximum Gasteiger partial charge on any atom is 0.323 e. The highest BCUT2D eigenvalue weighted by atomic mass is 32.2. The van der Waals surface area contributed by atoms with Gasteiger partial charge in [-0.25, -0.2) is 4.79 Å². The molecule has 17 nitrogen and oxygen atoms in total. The van der Waals surface area contributed by atoms with Gasteiger partial charge in [0.25, 0.3) is 20.2 Å². The molecule has 6 rings (SSSR count). The zero-order valence-electron chi connectivity index (χ0n) is 27.7. The van der Waals surface area contributed by atoms with Gasteiger partial charge in [-0.2, -0.15) is 27.0 Å². The van der Waals surface area contributed by atoms with Crippen LogP contribution in [0.25, 0.3) is 6.08 Å². The van der Waals surface area contributed by atoms with Crippen LogP contribution in [0, 0.1) is 0 Å². The fraction of sp³-hybridized carbons (Fsp3) is 0.0286. The number of carbonyl (C=O) groups is 4. The number of fused-ring (bicyclic) bond motifs is 2. The van der Waals surface area contributed by atoms with Crippen LogP contribution in [-0.2, 0) is 29.8 Å². The van der Waals surface area contributed by atoms with E-state index in [1.807, 2.05) is 0 Å². The molecule has 0 radical (unpaired) electrons. The highest BCUT2D eigenvalue weighted by Crippen LogP contribution is 2.31. The molecule has 19 heteroatoms. The first-order valence-corrected chi connectivity index (χ1v) is 18.4. The zero-order chi connectivity index (χ0) is 38.8. The standard InChI is InChI=1S/C35H27N7O10S2/c1-19(43)36-22-7-9-24(10-8-22)39-41-29-18-28-21(15-31(29)53(47,48)49)14-26(17-30(28)44)38-35(46)37-25-11-12-27-20(13-25)16-32(54(50,51)52)33(34(27)45)42-40-23-5-3-2-4-6-23/h2-18,39-40H,1H3,(H,36,43)(H2,37,38,46)(H,47,48,49)(H,50,51,52)/b41-29+,42-33+. The van der Waals surface area contributed by atoms with Crippen LogP contribution in [0.2, 0.25) is 0 Å². The summed E-state index contributed by atoms with van der Waals surface area (Å²) in [5, 5.41) is 15.5. The first-order chi connectivity index (χ1) is 25.5. The van der Waals surface area contributed by atoms with Crippen LogP contribution in [0.15, 0.2) is 134 Å². The average Bonchev–Trinajstić information content (AvgIpc) is 3.10. The number of rotatable bonds is 9. The van der Waals surface area contributed by atoms with Crippen molar-refractivity contribution in [1.82, 2.24) is 5.32 Å². The predicted octanol–water partition coefficient (Wildman–Crippen LogP) is 4.23. The predicted molar refractivity (Wildman–Crippen MR) is 201 cm³/mol. The number of urea groups is 1. The summed E-state index contributed by atoms with van der Waals surface area (Å²) in [5.41, 5.74) is 5.92. The average molecular weight is 770 g/mol. The Hall–Kier alpha value is -6.80. The van der Waals surface area contributed by atoms with Crippen molar-refractivity contribution >= 4 is 84.0 Å². The van der Waals surface area contributed by atoms with Crippen molar-refractivity contribution in [1.29, 1.82) is 0 Å².